The second kappa shape index (κ2) is 16.7. The molecule has 0 aliphatic heterocycles. The second-order valence-electron chi connectivity index (χ2n) is 9.13. The van der Waals surface area contributed by atoms with Crippen LogP contribution in [0, 0.1) is 5.92 Å². The first-order chi connectivity index (χ1) is 17.9. The van der Waals surface area contributed by atoms with Crippen molar-refractivity contribution in [3.63, 3.8) is 0 Å². The molecule has 3 amide bonds. The summed E-state index contributed by atoms with van der Waals surface area (Å²) in [6.07, 6.45) is 2.91. The fourth-order valence-electron chi connectivity index (χ4n) is 3.48. The number of phenolic OH excluding ortho intramolecular Hbond substituents is 1. The lowest BCUT2D eigenvalue weighted by molar-refractivity contribution is -0.132. The molecule has 0 heterocycles. The van der Waals surface area contributed by atoms with Gasteiger partial charge in [0.25, 0.3) is 0 Å². The molecule has 1 rings (SSSR count). The number of aromatic hydroxyl groups is 1. The summed E-state index contributed by atoms with van der Waals surface area (Å²) in [5, 5.41) is 21.8. The molecule has 210 valence electrons. The average molecular weight is 550 g/mol. The zero-order valence-corrected chi connectivity index (χ0v) is 22.8. The summed E-state index contributed by atoms with van der Waals surface area (Å²) < 4.78 is 0. The number of nitrogens with zero attached hydrogens (tertiary/aromatic N) is 2. The van der Waals surface area contributed by atoms with Gasteiger partial charge in [-0.1, -0.05) is 26.0 Å². The Kier molecular flexibility index (Phi) is 14.1. The highest BCUT2D eigenvalue weighted by molar-refractivity contribution is 7.80. The van der Waals surface area contributed by atoms with Crippen molar-refractivity contribution in [3.05, 3.63) is 29.8 Å². The molecule has 0 unspecified atom stereocenters. The summed E-state index contributed by atoms with van der Waals surface area (Å²) in [6, 6.07) is 3.92. The van der Waals surface area contributed by atoms with E-state index in [0.29, 0.717) is 31.4 Å². The van der Waals surface area contributed by atoms with Crippen molar-refractivity contribution in [1.29, 1.82) is 0 Å². The van der Waals surface area contributed by atoms with Crippen LogP contribution in [0.3, 0.4) is 0 Å². The molecule has 1 aromatic carbocycles. The standard InChI is InChI=1S/C24H39N9O4S/c1-14(2)11-19(30-15(3)34)22(37)32-20(12-16-6-8-18(35)9-7-16)21(36)31-17(13-29-33-24(27)38)5-4-10-28-23(25)26/h6-9,13-14,17,19-20,35H,4-5,10-12H2,1-3H3,(H,30,34)(H,31,36)(H,32,37)(H4,25,26,28)(H3,27,33,38)/b29-13+/t17-,19-,20-/m0/s1. The van der Waals surface area contributed by atoms with Gasteiger partial charge in [0, 0.05) is 26.1 Å². The molecule has 0 aliphatic rings. The van der Waals surface area contributed by atoms with E-state index >= 15 is 0 Å². The van der Waals surface area contributed by atoms with Crippen LogP contribution in [-0.2, 0) is 20.8 Å². The highest BCUT2D eigenvalue weighted by Crippen LogP contribution is 2.13. The molecular weight excluding hydrogens is 510 g/mol. The minimum atomic E-state index is -0.993. The van der Waals surface area contributed by atoms with E-state index in [1.807, 2.05) is 13.8 Å². The third kappa shape index (κ3) is 14.0. The van der Waals surface area contributed by atoms with Crippen molar-refractivity contribution in [2.45, 2.75) is 64.6 Å². The Morgan fingerprint density at radius 1 is 1.03 bits per heavy atom. The lowest BCUT2D eigenvalue weighted by Gasteiger charge is -2.25. The van der Waals surface area contributed by atoms with Crippen LogP contribution < -0.4 is 38.6 Å². The van der Waals surface area contributed by atoms with E-state index in [4.69, 9.17) is 29.4 Å². The topological polar surface area (TPSA) is 222 Å². The quantitative estimate of drug-likeness (QED) is 0.0456. The van der Waals surface area contributed by atoms with Crippen molar-refractivity contribution in [2.75, 3.05) is 6.54 Å². The fraction of sp³-hybridized carbons (Fsp3) is 0.500. The van der Waals surface area contributed by atoms with Crippen LogP contribution in [0.4, 0.5) is 0 Å². The van der Waals surface area contributed by atoms with Gasteiger partial charge in [0.2, 0.25) is 17.7 Å². The number of carbonyl (C=O) groups is 3. The van der Waals surface area contributed by atoms with Gasteiger partial charge in [0.15, 0.2) is 11.1 Å². The lowest BCUT2D eigenvalue weighted by Crippen LogP contribution is -2.56. The molecule has 0 saturated heterocycles. The number of rotatable bonds is 15. The molecule has 1 aromatic rings. The van der Waals surface area contributed by atoms with Gasteiger partial charge >= 0.3 is 0 Å². The van der Waals surface area contributed by atoms with Gasteiger partial charge in [-0.25, -0.2) is 0 Å². The first-order valence-electron chi connectivity index (χ1n) is 12.2. The largest absolute Gasteiger partial charge is 0.508 e. The molecule has 0 fully saturated rings. The lowest BCUT2D eigenvalue weighted by atomic mass is 10.0. The van der Waals surface area contributed by atoms with Crippen LogP contribution in [0.15, 0.2) is 34.4 Å². The van der Waals surface area contributed by atoms with E-state index in [1.54, 1.807) is 12.1 Å². The highest BCUT2D eigenvalue weighted by atomic mass is 32.1. The van der Waals surface area contributed by atoms with Gasteiger partial charge in [0.1, 0.15) is 17.8 Å². The molecule has 3 atom stereocenters. The number of carbonyl (C=O) groups excluding carboxylic acids is 3. The van der Waals surface area contributed by atoms with Crippen LogP contribution in [0.1, 0.15) is 45.6 Å². The third-order valence-electron chi connectivity index (χ3n) is 5.13. The summed E-state index contributed by atoms with van der Waals surface area (Å²) in [4.78, 5) is 42.2. The van der Waals surface area contributed by atoms with Crippen molar-refractivity contribution in [3.8, 4) is 5.75 Å². The number of hydrogen-bond acceptors (Lipinski definition) is 7. The number of phenols is 1. The number of hydrazone groups is 1. The van der Waals surface area contributed by atoms with E-state index in [1.165, 1.54) is 25.3 Å². The number of amides is 3. The Labute approximate surface area is 228 Å². The van der Waals surface area contributed by atoms with Crippen LogP contribution in [-0.4, -0.2) is 64.8 Å². The molecule has 13 nitrogen and oxygen atoms in total. The minimum Gasteiger partial charge on any atom is -0.508 e. The SMILES string of the molecule is CC(=O)N[C@@H](CC(C)C)C(=O)N[C@@H](Cc1ccc(O)cc1)C(=O)N[C@H](/C=N/NC(N)=S)CCCN=C(N)N. The Morgan fingerprint density at radius 2 is 1.66 bits per heavy atom. The molecule has 0 aromatic heterocycles. The second-order valence-corrected chi connectivity index (χ2v) is 9.57. The summed E-state index contributed by atoms with van der Waals surface area (Å²) in [7, 11) is 0. The number of thiocarbonyl (C=S) groups is 1. The fourth-order valence-corrected chi connectivity index (χ4v) is 3.53. The number of nitrogens with two attached hydrogens (primary N) is 3. The summed E-state index contributed by atoms with van der Waals surface area (Å²) >= 11 is 4.75. The minimum absolute atomic E-state index is 0.0406. The van der Waals surface area contributed by atoms with Crippen molar-refractivity contribution in [2.24, 2.45) is 33.2 Å². The Morgan fingerprint density at radius 3 is 2.21 bits per heavy atom. The maximum absolute atomic E-state index is 13.4. The zero-order chi connectivity index (χ0) is 28.7. The zero-order valence-electron chi connectivity index (χ0n) is 21.9. The van der Waals surface area contributed by atoms with Gasteiger partial charge < -0.3 is 38.3 Å². The van der Waals surface area contributed by atoms with E-state index in [-0.39, 0.29) is 35.1 Å². The van der Waals surface area contributed by atoms with Crippen LogP contribution in [0.2, 0.25) is 0 Å². The van der Waals surface area contributed by atoms with Crippen LogP contribution in [0.5, 0.6) is 5.75 Å². The highest BCUT2D eigenvalue weighted by Gasteiger charge is 2.28. The summed E-state index contributed by atoms with van der Waals surface area (Å²) in [5.41, 5.74) is 19.3. The van der Waals surface area contributed by atoms with Gasteiger partial charge in [0.05, 0.1) is 6.04 Å². The van der Waals surface area contributed by atoms with Gasteiger partial charge in [-0.2, -0.15) is 5.10 Å². The van der Waals surface area contributed by atoms with Gasteiger partial charge in [-0.3, -0.25) is 24.8 Å². The van der Waals surface area contributed by atoms with E-state index in [9.17, 15) is 19.5 Å². The Balaban J connectivity index is 3.14. The van der Waals surface area contributed by atoms with Gasteiger partial charge in [-0.15, -0.1) is 0 Å². The summed E-state index contributed by atoms with van der Waals surface area (Å²) in [5.74, 6) is -1.17. The smallest absolute Gasteiger partial charge is 0.243 e. The van der Waals surface area contributed by atoms with E-state index < -0.39 is 29.9 Å². The maximum Gasteiger partial charge on any atom is 0.243 e. The predicted molar refractivity (Wildman–Crippen MR) is 151 cm³/mol. The first-order valence-corrected chi connectivity index (χ1v) is 12.6. The number of nitrogens with one attached hydrogen (secondary N) is 4. The average Bonchev–Trinajstić information content (AvgIpc) is 2.81. The van der Waals surface area contributed by atoms with E-state index in [2.05, 4.69) is 31.5 Å². The molecular formula is C24H39N9O4S. The van der Waals surface area contributed by atoms with Crippen molar-refractivity contribution >= 4 is 47.2 Å². The molecule has 0 aliphatic carbocycles. The van der Waals surface area contributed by atoms with E-state index in [0.717, 1.165) is 0 Å². The van der Waals surface area contributed by atoms with Crippen molar-refractivity contribution in [1.82, 2.24) is 21.4 Å². The number of guanidine groups is 1. The normalized spacial score (nSPS) is 13.3. The number of aliphatic imine (C=N–C) groups is 1. The number of benzene rings is 1. The van der Waals surface area contributed by atoms with Crippen LogP contribution >= 0.6 is 12.2 Å². The molecule has 38 heavy (non-hydrogen) atoms. The monoisotopic (exact) mass is 549 g/mol. The Hall–Kier alpha value is -3.94. The molecule has 0 radical (unpaired) electrons. The molecule has 0 spiro atoms. The predicted octanol–water partition coefficient (Wildman–Crippen LogP) is -0.672. The molecule has 14 heteroatoms. The number of hydrogen-bond donors (Lipinski definition) is 8. The van der Waals surface area contributed by atoms with Crippen molar-refractivity contribution < 1.29 is 19.5 Å². The van der Waals surface area contributed by atoms with Crippen LogP contribution in [0.25, 0.3) is 0 Å². The third-order valence-corrected chi connectivity index (χ3v) is 5.23. The first kappa shape index (κ1) is 32.1. The molecule has 11 N–H and O–H groups in total. The van der Waals surface area contributed by atoms with Gasteiger partial charge in [-0.05, 0) is 55.1 Å². The maximum atomic E-state index is 13.4. The Bertz CT molecular complexity index is 995. The molecule has 0 bridgehead atoms. The summed E-state index contributed by atoms with van der Waals surface area (Å²) in [6.45, 7) is 5.52. The molecule has 0 saturated carbocycles.